The molecule has 1 aromatic carbocycles. The third-order valence-electron chi connectivity index (χ3n) is 2.15. The van der Waals surface area contributed by atoms with Gasteiger partial charge in [-0.25, -0.2) is 9.52 Å². The van der Waals surface area contributed by atoms with E-state index in [9.17, 15) is 18.0 Å². The fourth-order valence-corrected chi connectivity index (χ4v) is 2.25. The molecule has 1 rings (SSSR count). The van der Waals surface area contributed by atoms with Crippen LogP contribution < -0.4 is 9.44 Å². The fourth-order valence-electron chi connectivity index (χ4n) is 1.36. The Bertz CT molecular complexity index is 572. The van der Waals surface area contributed by atoms with Crippen LogP contribution in [0.2, 0.25) is 0 Å². The molecule has 8 nitrogen and oxygen atoms in total. The van der Waals surface area contributed by atoms with Crippen molar-refractivity contribution in [3.05, 3.63) is 35.9 Å². The lowest BCUT2D eigenvalue weighted by Crippen LogP contribution is -2.44. The normalized spacial score (nSPS) is 12.4. The lowest BCUT2D eigenvalue weighted by molar-refractivity contribution is -0.139. The Morgan fingerprint density at radius 2 is 1.90 bits per heavy atom. The van der Waals surface area contributed by atoms with Gasteiger partial charge in [0.1, 0.15) is 6.04 Å². The smallest absolute Gasteiger partial charge is 0.421 e. The molecule has 0 saturated carbocycles. The Balaban J connectivity index is 2.86. The zero-order chi connectivity index (χ0) is 15.2. The predicted octanol–water partition coefficient (Wildman–Crippen LogP) is 0.393. The number of carbonyl (C=O) groups excluding carboxylic acids is 1. The Hall–Kier alpha value is -2.13. The highest BCUT2D eigenvalue weighted by Gasteiger charge is 2.26. The minimum absolute atomic E-state index is 0.0115. The van der Waals surface area contributed by atoms with Crippen molar-refractivity contribution in [3.8, 4) is 0 Å². The van der Waals surface area contributed by atoms with Crippen molar-refractivity contribution in [3.63, 3.8) is 0 Å². The lowest BCUT2D eigenvalue weighted by atomic mass is 10.1. The Kier molecular flexibility index (Phi) is 5.47. The highest BCUT2D eigenvalue weighted by atomic mass is 32.2. The van der Waals surface area contributed by atoms with E-state index in [0.29, 0.717) is 0 Å². The van der Waals surface area contributed by atoms with Crippen LogP contribution in [0.3, 0.4) is 0 Å². The summed E-state index contributed by atoms with van der Waals surface area (Å²) in [6, 6.07) is 6.19. The van der Waals surface area contributed by atoms with Crippen molar-refractivity contribution < 1.29 is 27.9 Å². The molecule has 0 spiro atoms. The zero-order valence-electron chi connectivity index (χ0n) is 10.6. The predicted molar refractivity (Wildman–Crippen MR) is 69.0 cm³/mol. The number of carboxylic acids is 1. The van der Waals surface area contributed by atoms with E-state index in [1.165, 1.54) is 19.1 Å². The van der Waals surface area contributed by atoms with Crippen LogP contribution in [0, 0.1) is 0 Å². The van der Waals surface area contributed by atoms with Crippen LogP contribution >= 0.6 is 0 Å². The molecule has 0 aliphatic carbocycles. The van der Waals surface area contributed by atoms with Gasteiger partial charge in [-0.15, -0.1) is 0 Å². The van der Waals surface area contributed by atoms with Crippen LogP contribution in [-0.4, -0.2) is 32.2 Å². The van der Waals surface area contributed by atoms with Crippen molar-refractivity contribution in [2.45, 2.75) is 13.0 Å². The maximum atomic E-state index is 11.6. The number of carbonyl (C=O) groups is 2. The second-order valence-corrected chi connectivity index (χ2v) is 5.07. The highest BCUT2D eigenvalue weighted by molar-refractivity contribution is 7.88. The van der Waals surface area contributed by atoms with E-state index < -0.39 is 28.3 Å². The third kappa shape index (κ3) is 4.86. The van der Waals surface area contributed by atoms with Gasteiger partial charge in [0.2, 0.25) is 0 Å². The van der Waals surface area contributed by atoms with Gasteiger partial charge in [0.05, 0.1) is 6.61 Å². The van der Waals surface area contributed by atoms with Crippen molar-refractivity contribution in [2.75, 3.05) is 6.61 Å². The summed E-state index contributed by atoms with van der Waals surface area (Å²) in [6.07, 6.45) is -1.18. The lowest BCUT2D eigenvalue weighted by Gasteiger charge is -2.15. The second-order valence-electron chi connectivity index (χ2n) is 3.63. The summed E-state index contributed by atoms with van der Waals surface area (Å²) >= 11 is 0. The Morgan fingerprint density at radius 1 is 1.30 bits per heavy atom. The maximum absolute atomic E-state index is 11.6. The first-order valence-electron chi connectivity index (χ1n) is 5.60. The summed E-state index contributed by atoms with van der Waals surface area (Å²) < 4.78 is 31.1. The quantitative estimate of drug-likeness (QED) is 0.699. The van der Waals surface area contributed by atoms with Gasteiger partial charge < -0.3 is 9.84 Å². The van der Waals surface area contributed by atoms with E-state index in [1.54, 1.807) is 22.9 Å². The van der Waals surface area contributed by atoms with Crippen LogP contribution in [0.5, 0.6) is 0 Å². The van der Waals surface area contributed by atoms with E-state index in [-0.39, 0.29) is 12.2 Å². The van der Waals surface area contributed by atoms with Gasteiger partial charge in [0, 0.05) is 0 Å². The molecule has 0 aromatic heterocycles. The number of carboxylic acid groups (broad SMARTS) is 1. The molecule has 3 N–H and O–H groups in total. The molecule has 9 heteroatoms. The number of amides is 1. The minimum Gasteiger partial charge on any atom is -0.480 e. The summed E-state index contributed by atoms with van der Waals surface area (Å²) in [6.45, 7) is 1.49. The molecule has 110 valence electrons. The SMILES string of the molecule is CCOC(=O)NS(=O)(=O)NC(C(=O)O)c1ccccc1. The van der Waals surface area contributed by atoms with E-state index in [4.69, 9.17) is 5.11 Å². The number of ether oxygens (including phenoxy) is 1. The molecule has 20 heavy (non-hydrogen) atoms. The van der Waals surface area contributed by atoms with Gasteiger partial charge >= 0.3 is 22.3 Å². The molecule has 1 aromatic rings. The monoisotopic (exact) mass is 302 g/mol. The van der Waals surface area contributed by atoms with Crippen LogP contribution in [0.15, 0.2) is 30.3 Å². The number of benzene rings is 1. The molecule has 0 aliphatic heterocycles. The van der Waals surface area contributed by atoms with Gasteiger partial charge in [-0.3, -0.25) is 4.79 Å². The average Bonchev–Trinajstić information content (AvgIpc) is 2.36. The number of nitrogens with one attached hydrogen (secondary N) is 2. The maximum Gasteiger partial charge on any atom is 0.421 e. The molecular weight excluding hydrogens is 288 g/mol. The molecule has 0 aliphatic rings. The van der Waals surface area contributed by atoms with Gasteiger partial charge in [0.25, 0.3) is 0 Å². The van der Waals surface area contributed by atoms with E-state index in [2.05, 4.69) is 4.74 Å². The third-order valence-corrected chi connectivity index (χ3v) is 3.13. The van der Waals surface area contributed by atoms with Crippen LogP contribution in [-0.2, 0) is 19.7 Å². The largest absolute Gasteiger partial charge is 0.480 e. The standard InChI is InChI=1S/C11H14N2O6S/c1-2-19-11(16)13-20(17,18)12-9(10(14)15)8-6-4-3-5-7-8/h3-7,9,12H,2H2,1H3,(H,13,16)(H,14,15). The summed E-state index contributed by atoms with van der Waals surface area (Å²) in [5, 5.41) is 9.06. The van der Waals surface area contributed by atoms with Crippen LogP contribution in [0.1, 0.15) is 18.5 Å². The molecule has 1 unspecified atom stereocenters. The first kappa shape index (κ1) is 15.9. The highest BCUT2D eigenvalue weighted by Crippen LogP contribution is 2.13. The minimum atomic E-state index is -4.35. The Morgan fingerprint density at radius 3 is 2.40 bits per heavy atom. The molecule has 0 radical (unpaired) electrons. The average molecular weight is 302 g/mol. The van der Waals surface area contributed by atoms with Gasteiger partial charge in [-0.05, 0) is 12.5 Å². The van der Waals surface area contributed by atoms with Crippen molar-refractivity contribution in [1.82, 2.24) is 9.44 Å². The molecular formula is C11H14N2O6S. The number of hydrogen-bond acceptors (Lipinski definition) is 5. The van der Waals surface area contributed by atoms with Gasteiger partial charge in [-0.1, -0.05) is 30.3 Å². The van der Waals surface area contributed by atoms with Gasteiger partial charge in [-0.2, -0.15) is 13.1 Å². The van der Waals surface area contributed by atoms with Gasteiger partial charge in [0.15, 0.2) is 0 Å². The summed E-state index contributed by atoms with van der Waals surface area (Å²) in [5.41, 5.74) is 0.231. The molecule has 1 amide bonds. The van der Waals surface area contributed by atoms with Crippen LogP contribution in [0.25, 0.3) is 0 Å². The Labute approximate surface area is 115 Å². The number of aliphatic carboxylic acids is 1. The van der Waals surface area contributed by atoms with E-state index in [1.807, 2.05) is 4.72 Å². The first-order chi connectivity index (χ1) is 9.35. The van der Waals surface area contributed by atoms with Crippen molar-refractivity contribution in [1.29, 1.82) is 0 Å². The zero-order valence-corrected chi connectivity index (χ0v) is 11.4. The van der Waals surface area contributed by atoms with Crippen LogP contribution in [0.4, 0.5) is 4.79 Å². The summed E-state index contributed by atoms with van der Waals surface area (Å²) in [4.78, 5) is 22.2. The molecule has 1 atom stereocenters. The van der Waals surface area contributed by atoms with E-state index >= 15 is 0 Å². The van der Waals surface area contributed by atoms with Crippen molar-refractivity contribution in [2.24, 2.45) is 0 Å². The summed E-state index contributed by atoms with van der Waals surface area (Å²) in [5.74, 6) is -1.40. The topological polar surface area (TPSA) is 122 Å². The first-order valence-corrected chi connectivity index (χ1v) is 7.08. The number of hydrogen-bond donors (Lipinski definition) is 3. The van der Waals surface area contributed by atoms with Crippen molar-refractivity contribution >= 4 is 22.3 Å². The molecule has 0 bridgehead atoms. The molecule has 0 saturated heterocycles. The second kappa shape index (κ2) is 6.87. The molecule has 0 fully saturated rings. The number of rotatable bonds is 6. The van der Waals surface area contributed by atoms with E-state index in [0.717, 1.165) is 0 Å². The fraction of sp³-hybridized carbons (Fsp3) is 0.273. The summed E-state index contributed by atoms with van der Waals surface area (Å²) in [7, 11) is -4.35. The molecule has 0 heterocycles.